The Kier molecular flexibility index (Phi) is 4.40. The lowest BCUT2D eigenvalue weighted by atomic mass is 9.89. The summed E-state index contributed by atoms with van der Waals surface area (Å²) in [6, 6.07) is 13.7. The number of rotatable bonds is 5. The predicted molar refractivity (Wildman–Crippen MR) is 81.8 cm³/mol. The van der Waals surface area contributed by atoms with Crippen LogP contribution in [-0.2, 0) is 0 Å². The number of benzene rings is 2. The third-order valence-electron chi connectivity index (χ3n) is 3.53. The summed E-state index contributed by atoms with van der Waals surface area (Å²) < 4.78 is 0. The molecule has 0 heterocycles. The molecule has 0 aliphatic carbocycles. The second-order valence-corrected chi connectivity index (χ2v) is 5.88. The Morgan fingerprint density at radius 3 is 2.55 bits per heavy atom. The first-order valence-corrected chi connectivity index (χ1v) is 6.90. The smallest absolute Gasteiger partial charge is 0.251 e. The SMILES string of the molecule is CC(C)(CCO)CNC(=O)c1ccc2ccccc2c1. The van der Waals surface area contributed by atoms with Crippen molar-refractivity contribution >= 4 is 16.7 Å². The molecule has 20 heavy (non-hydrogen) atoms. The quantitative estimate of drug-likeness (QED) is 0.878. The normalized spacial score (nSPS) is 11.6. The Balaban J connectivity index is 2.08. The molecule has 0 radical (unpaired) electrons. The molecule has 1 amide bonds. The van der Waals surface area contributed by atoms with Gasteiger partial charge in [0.1, 0.15) is 0 Å². The fourth-order valence-electron chi connectivity index (χ4n) is 2.14. The van der Waals surface area contributed by atoms with Gasteiger partial charge in [-0.15, -0.1) is 0 Å². The van der Waals surface area contributed by atoms with Crippen LogP contribution in [0.15, 0.2) is 42.5 Å². The molecule has 0 saturated heterocycles. The van der Waals surface area contributed by atoms with Crippen LogP contribution < -0.4 is 5.32 Å². The highest BCUT2D eigenvalue weighted by Gasteiger charge is 2.18. The summed E-state index contributed by atoms with van der Waals surface area (Å²) in [5.74, 6) is -0.0678. The second kappa shape index (κ2) is 6.06. The molecule has 0 atom stereocenters. The minimum Gasteiger partial charge on any atom is -0.396 e. The van der Waals surface area contributed by atoms with Crippen LogP contribution in [0.4, 0.5) is 0 Å². The van der Waals surface area contributed by atoms with Crippen LogP contribution in [0.3, 0.4) is 0 Å². The highest BCUT2D eigenvalue weighted by atomic mass is 16.3. The zero-order chi connectivity index (χ0) is 14.6. The van der Waals surface area contributed by atoms with Gasteiger partial charge in [-0.2, -0.15) is 0 Å². The van der Waals surface area contributed by atoms with E-state index in [2.05, 4.69) is 5.32 Å². The Morgan fingerprint density at radius 1 is 1.15 bits per heavy atom. The molecule has 0 aliphatic heterocycles. The predicted octanol–water partition coefficient (Wildman–Crippen LogP) is 2.98. The van der Waals surface area contributed by atoms with E-state index in [-0.39, 0.29) is 17.9 Å². The largest absolute Gasteiger partial charge is 0.396 e. The Labute approximate surface area is 119 Å². The standard InChI is InChI=1S/C17H21NO2/c1-17(2,9-10-19)12-18-16(20)15-8-7-13-5-3-4-6-14(13)11-15/h3-8,11,19H,9-10,12H2,1-2H3,(H,18,20). The van der Waals surface area contributed by atoms with Crippen molar-refractivity contribution in [3.05, 3.63) is 48.0 Å². The molecule has 2 aromatic rings. The summed E-state index contributed by atoms with van der Waals surface area (Å²) in [5, 5.41) is 14.1. The average Bonchev–Trinajstić information content (AvgIpc) is 2.44. The van der Waals surface area contributed by atoms with Gasteiger partial charge >= 0.3 is 0 Å². The van der Waals surface area contributed by atoms with E-state index in [1.165, 1.54) is 0 Å². The van der Waals surface area contributed by atoms with Gasteiger partial charge in [-0.1, -0.05) is 44.2 Å². The maximum Gasteiger partial charge on any atom is 0.251 e. The molecule has 0 aliphatic rings. The Hall–Kier alpha value is -1.87. The highest BCUT2D eigenvalue weighted by molar-refractivity contribution is 5.98. The van der Waals surface area contributed by atoms with Crippen molar-refractivity contribution in [1.82, 2.24) is 5.32 Å². The lowest BCUT2D eigenvalue weighted by Crippen LogP contribution is -2.34. The molecule has 3 heteroatoms. The van der Waals surface area contributed by atoms with E-state index < -0.39 is 0 Å². The number of hydrogen-bond donors (Lipinski definition) is 2. The second-order valence-electron chi connectivity index (χ2n) is 5.88. The first-order chi connectivity index (χ1) is 9.52. The molecule has 0 fully saturated rings. The number of aliphatic hydroxyl groups excluding tert-OH is 1. The molecule has 2 N–H and O–H groups in total. The van der Waals surface area contributed by atoms with Crippen LogP contribution in [-0.4, -0.2) is 24.2 Å². The zero-order valence-corrected chi connectivity index (χ0v) is 12.0. The zero-order valence-electron chi connectivity index (χ0n) is 12.0. The number of fused-ring (bicyclic) bond motifs is 1. The number of amides is 1. The first-order valence-electron chi connectivity index (χ1n) is 6.90. The third-order valence-corrected chi connectivity index (χ3v) is 3.53. The number of nitrogens with one attached hydrogen (secondary N) is 1. The van der Waals surface area contributed by atoms with Gasteiger partial charge in [-0.3, -0.25) is 4.79 Å². The van der Waals surface area contributed by atoms with Gasteiger partial charge in [0.25, 0.3) is 5.91 Å². The number of carbonyl (C=O) groups excluding carboxylic acids is 1. The molecule has 0 spiro atoms. The van der Waals surface area contributed by atoms with Crippen molar-refractivity contribution in [3.8, 4) is 0 Å². The maximum absolute atomic E-state index is 12.2. The van der Waals surface area contributed by atoms with Crippen molar-refractivity contribution in [2.75, 3.05) is 13.2 Å². The van der Waals surface area contributed by atoms with Crippen LogP contribution in [0.1, 0.15) is 30.6 Å². The van der Waals surface area contributed by atoms with Gasteiger partial charge in [0, 0.05) is 18.7 Å². The molecule has 0 saturated carbocycles. The van der Waals surface area contributed by atoms with Crippen LogP contribution >= 0.6 is 0 Å². The van der Waals surface area contributed by atoms with E-state index in [1.54, 1.807) is 0 Å². The minimum absolute atomic E-state index is 0.0678. The topological polar surface area (TPSA) is 49.3 Å². The monoisotopic (exact) mass is 271 g/mol. The molecular weight excluding hydrogens is 250 g/mol. The molecule has 3 nitrogen and oxygen atoms in total. The van der Waals surface area contributed by atoms with Gasteiger partial charge in [-0.05, 0) is 34.7 Å². The lowest BCUT2D eigenvalue weighted by Gasteiger charge is -2.23. The summed E-state index contributed by atoms with van der Waals surface area (Å²) in [6.07, 6.45) is 0.672. The van der Waals surface area contributed by atoms with E-state index in [0.29, 0.717) is 18.5 Å². The maximum atomic E-state index is 12.2. The third kappa shape index (κ3) is 3.58. The summed E-state index contributed by atoms with van der Waals surface area (Å²) in [5.41, 5.74) is 0.574. The van der Waals surface area contributed by atoms with Gasteiger partial charge in [0.05, 0.1) is 0 Å². The molecule has 0 unspecified atom stereocenters. The fourth-order valence-corrected chi connectivity index (χ4v) is 2.14. The van der Waals surface area contributed by atoms with Gasteiger partial charge < -0.3 is 10.4 Å². The van der Waals surface area contributed by atoms with E-state index >= 15 is 0 Å². The lowest BCUT2D eigenvalue weighted by molar-refractivity contribution is 0.0928. The van der Waals surface area contributed by atoms with Crippen molar-refractivity contribution in [2.24, 2.45) is 5.41 Å². The van der Waals surface area contributed by atoms with Gasteiger partial charge in [0.15, 0.2) is 0 Å². The van der Waals surface area contributed by atoms with E-state index in [1.807, 2.05) is 56.3 Å². The molecule has 2 aromatic carbocycles. The summed E-state index contributed by atoms with van der Waals surface area (Å²) in [4.78, 5) is 12.2. The average molecular weight is 271 g/mol. The summed E-state index contributed by atoms with van der Waals surface area (Å²) in [7, 11) is 0. The van der Waals surface area contributed by atoms with E-state index in [0.717, 1.165) is 10.8 Å². The fraction of sp³-hybridized carbons (Fsp3) is 0.353. The molecule has 106 valence electrons. The van der Waals surface area contributed by atoms with Crippen LogP contribution in [0, 0.1) is 5.41 Å². The van der Waals surface area contributed by atoms with Crippen molar-refractivity contribution in [1.29, 1.82) is 0 Å². The Bertz CT molecular complexity index is 605. The van der Waals surface area contributed by atoms with E-state index in [4.69, 9.17) is 5.11 Å². The van der Waals surface area contributed by atoms with Crippen LogP contribution in [0.25, 0.3) is 10.8 Å². The molecular formula is C17H21NO2. The van der Waals surface area contributed by atoms with Gasteiger partial charge in [0.2, 0.25) is 0 Å². The van der Waals surface area contributed by atoms with Gasteiger partial charge in [-0.25, -0.2) is 0 Å². The first kappa shape index (κ1) is 14.5. The minimum atomic E-state index is -0.0960. The number of aliphatic hydroxyl groups is 1. The number of carbonyl (C=O) groups is 1. The van der Waals surface area contributed by atoms with Crippen molar-refractivity contribution < 1.29 is 9.90 Å². The number of hydrogen-bond acceptors (Lipinski definition) is 2. The molecule has 0 bridgehead atoms. The summed E-state index contributed by atoms with van der Waals surface area (Å²) in [6.45, 7) is 4.76. The van der Waals surface area contributed by atoms with Crippen molar-refractivity contribution in [2.45, 2.75) is 20.3 Å². The van der Waals surface area contributed by atoms with Crippen LogP contribution in [0.5, 0.6) is 0 Å². The van der Waals surface area contributed by atoms with Crippen molar-refractivity contribution in [3.63, 3.8) is 0 Å². The van der Waals surface area contributed by atoms with E-state index in [9.17, 15) is 4.79 Å². The molecule has 2 rings (SSSR count). The van der Waals surface area contributed by atoms with Crippen LogP contribution in [0.2, 0.25) is 0 Å². The highest BCUT2D eigenvalue weighted by Crippen LogP contribution is 2.19. The Morgan fingerprint density at radius 2 is 1.85 bits per heavy atom. The molecule has 0 aromatic heterocycles. The summed E-state index contributed by atoms with van der Waals surface area (Å²) >= 11 is 0.